The second-order valence-corrected chi connectivity index (χ2v) is 4.68. The highest BCUT2D eigenvalue weighted by Crippen LogP contribution is 2.28. The first-order valence-corrected chi connectivity index (χ1v) is 6.26. The summed E-state index contributed by atoms with van der Waals surface area (Å²) in [6, 6.07) is 4.99. The summed E-state index contributed by atoms with van der Waals surface area (Å²) in [5.41, 5.74) is 6.08. The van der Waals surface area contributed by atoms with Crippen LogP contribution in [0.3, 0.4) is 0 Å². The van der Waals surface area contributed by atoms with Crippen LogP contribution >= 0.6 is 11.6 Å². The number of carbonyl (C=O) groups excluding carboxylic acids is 1. The third kappa shape index (κ3) is 2.66. The van der Waals surface area contributed by atoms with Crippen LogP contribution in [0.25, 0.3) is 0 Å². The lowest BCUT2D eigenvalue weighted by Crippen LogP contribution is -2.25. The lowest BCUT2D eigenvalue weighted by molar-refractivity contribution is 0.0404. The molecule has 0 spiro atoms. The van der Waals surface area contributed by atoms with Gasteiger partial charge in [-0.3, -0.25) is 4.79 Å². The average molecular weight is 270 g/mol. The summed E-state index contributed by atoms with van der Waals surface area (Å²) < 4.78 is 10.7. The minimum Gasteiger partial charge on any atom is -0.495 e. The van der Waals surface area contributed by atoms with Crippen molar-refractivity contribution >= 4 is 17.4 Å². The monoisotopic (exact) mass is 269 g/mol. The number of methoxy groups -OCH3 is 1. The zero-order chi connectivity index (χ0) is 13.1. The lowest BCUT2D eigenvalue weighted by atomic mass is 10.0. The van der Waals surface area contributed by atoms with E-state index in [2.05, 4.69) is 0 Å². The fraction of sp³-hybridized carbons (Fsp3) is 0.462. The number of hydrogen-bond acceptors (Lipinski definition) is 4. The molecule has 1 saturated heterocycles. The highest BCUT2D eigenvalue weighted by Gasteiger charge is 2.30. The first kappa shape index (κ1) is 13.3. The molecule has 18 heavy (non-hydrogen) atoms. The maximum absolute atomic E-state index is 12.2. The largest absolute Gasteiger partial charge is 0.495 e. The second-order valence-electron chi connectivity index (χ2n) is 4.27. The van der Waals surface area contributed by atoms with E-state index in [1.165, 1.54) is 7.11 Å². The van der Waals surface area contributed by atoms with E-state index in [1.54, 1.807) is 18.2 Å². The Balaban J connectivity index is 2.14. The molecule has 4 nitrogen and oxygen atoms in total. The van der Waals surface area contributed by atoms with E-state index < -0.39 is 6.10 Å². The van der Waals surface area contributed by atoms with E-state index in [-0.39, 0.29) is 11.9 Å². The van der Waals surface area contributed by atoms with Gasteiger partial charge in [-0.2, -0.15) is 0 Å². The smallest absolute Gasteiger partial charge is 0.191 e. The van der Waals surface area contributed by atoms with Crippen LogP contribution in [0.15, 0.2) is 18.2 Å². The van der Waals surface area contributed by atoms with Crippen molar-refractivity contribution in [3.8, 4) is 5.75 Å². The molecule has 2 unspecified atom stereocenters. The second kappa shape index (κ2) is 5.69. The van der Waals surface area contributed by atoms with Crippen molar-refractivity contribution in [2.45, 2.75) is 25.0 Å². The Hall–Kier alpha value is -1.10. The van der Waals surface area contributed by atoms with E-state index in [1.807, 2.05) is 0 Å². The SMILES string of the molecule is COc1cc(C(=O)C2CCC(CN)O2)ccc1Cl. The molecule has 1 aliphatic rings. The van der Waals surface area contributed by atoms with Crippen LogP contribution in [-0.2, 0) is 4.74 Å². The standard InChI is InChI=1S/C13H16ClNO3/c1-17-12-6-8(2-4-10(12)14)13(16)11-5-3-9(7-15)18-11/h2,4,6,9,11H,3,5,7,15H2,1H3. The maximum atomic E-state index is 12.2. The van der Waals surface area contributed by atoms with Crippen molar-refractivity contribution < 1.29 is 14.3 Å². The molecule has 0 amide bonds. The molecule has 2 rings (SSSR count). The van der Waals surface area contributed by atoms with Crippen molar-refractivity contribution in [2.24, 2.45) is 5.73 Å². The minimum absolute atomic E-state index is 0.00635. The normalized spacial score (nSPS) is 23.1. The Kier molecular flexibility index (Phi) is 4.22. The number of ether oxygens (including phenoxy) is 2. The third-order valence-electron chi connectivity index (χ3n) is 3.10. The van der Waals surface area contributed by atoms with E-state index in [0.717, 1.165) is 6.42 Å². The van der Waals surface area contributed by atoms with Gasteiger partial charge >= 0.3 is 0 Å². The molecular weight excluding hydrogens is 254 g/mol. The Bertz CT molecular complexity index is 450. The van der Waals surface area contributed by atoms with Crippen LogP contribution in [0, 0.1) is 0 Å². The molecular formula is C13H16ClNO3. The number of ketones is 1. The number of halogens is 1. The molecule has 5 heteroatoms. The number of Topliss-reactive ketones (excluding diaryl/α,β-unsaturated/α-hetero) is 1. The third-order valence-corrected chi connectivity index (χ3v) is 3.41. The highest BCUT2D eigenvalue weighted by atomic mass is 35.5. The van der Waals surface area contributed by atoms with Crippen LogP contribution in [0.1, 0.15) is 23.2 Å². The van der Waals surface area contributed by atoms with Crippen molar-refractivity contribution in [2.75, 3.05) is 13.7 Å². The van der Waals surface area contributed by atoms with Crippen molar-refractivity contribution in [1.29, 1.82) is 0 Å². The van der Waals surface area contributed by atoms with Gasteiger partial charge in [0.25, 0.3) is 0 Å². The molecule has 0 saturated carbocycles. The van der Waals surface area contributed by atoms with Gasteiger partial charge in [0.15, 0.2) is 5.78 Å². The van der Waals surface area contributed by atoms with Crippen molar-refractivity contribution in [3.63, 3.8) is 0 Å². The average Bonchev–Trinajstić information content (AvgIpc) is 2.87. The summed E-state index contributed by atoms with van der Waals surface area (Å²) >= 11 is 5.92. The summed E-state index contributed by atoms with van der Waals surface area (Å²) in [5.74, 6) is 0.455. The van der Waals surface area contributed by atoms with Gasteiger partial charge in [-0.05, 0) is 31.0 Å². The van der Waals surface area contributed by atoms with Crippen LogP contribution in [0.2, 0.25) is 5.02 Å². The van der Waals surface area contributed by atoms with Crippen LogP contribution < -0.4 is 10.5 Å². The molecule has 1 aliphatic heterocycles. The van der Waals surface area contributed by atoms with Gasteiger partial charge < -0.3 is 15.2 Å². The van der Waals surface area contributed by atoms with Crippen molar-refractivity contribution in [3.05, 3.63) is 28.8 Å². The highest BCUT2D eigenvalue weighted by molar-refractivity contribution is 6.32. The zero-order valence-electron chi connectivity index (χ0n) is 10.2. The number of hydrogen-bond donors (Lipinski definition) is 1. The Morgan fingerprint density at radius 1 is 1.56 bits per heavy atom. The van der Waals surface area contributed by atoms with Gasteiger partial charge in [0.2, 0.25) is 0 Å². The van der Waals surface area contributed by atoms with E-state index >= 15 is 0 Å². The van der Waals surface area contributed by atoms with E-state index in [9.17, 15) is 4.79 Å². The fourth-order valence-electron chi connectivity index (χ4n) is 2.07. The van der Waals surface area contributed by atoms with Gasteiger partial charge in [0.05, 0.1) is 18.2 Å². The van der Waals surface area contributed by atoms with Crippen LogP contribution in [0.4, 0.5) is 0 Å². The predicted molar refractivity (Wildman–Crippen MR) is 69.3 cm³/mol. The van der Waals surface area contributed by atoms with E-state index in [0.29, 0.717) is 29.3 Å². The summed E-state index contributed by atoms with van der Waals surface area (Å²) in [7, 11) is 1.52. The molecule has 1 heterocycles. The quantitative estimate of drug-likeness (QED) is 0.850. The molecule has 2 atom stereocenters. The van der Waals surface area contributed by atoms with Gasteiger partial charge in [-0.25, -0.2) is 0 Å². The molecule has 0 bridgehead atoms. The Labute approximate surface area is 111 Å². The fourth-order valence-corrected chi connectivity index (χ4v) is 2.27. The molecule has 2 N–H and O–H groups in total. The molecule has 1 aromatic rings. The van der Waals surface area contributed by atoms with Gasteiger partial charge in [-0.1, -0.05) is 11.6 Å². The summed E-state index contributed by atoms with van der Waals surface area (Å²) in [5, 5.41) is 0.487. The predicted octanol–water partition coefficient (Wildman–Crippen LogP) is 2.04. The Morgan fingerprint density at radius 3 is 2.94 bits per heavy atom. The number of benzene rings is 1. The molecule has 0 aromatic heterocycles. The first-order chi connectivity index (χ1) is 8.65. The zero-order valence-corrected chi connectivity index (χ0v) is 10.9. The van der Waals surface area contributed by atoms with Crippen LogP contribution in [-0.4, -0.2) is 31.6 Å². The van der Waals surface area contributed by atoms with Crippen molar-refractivity contribution in [1.82, 2.24) is 0 Å². The van der Waals surface area contributed by atoms with Crippen LogP contribution in [0.5, 0.6) is 5.75 Å². The number of carbonyl (C=O) groups is 1. The molecule has 0 aliphatic carbocycles. The van der Waals surface area contributed by atoms with E-state index in [4.69, 9.17) is 26.8 Å². The summed E-state index contributed by atoms with van der Waals surface area (Å²) in [6.45, 7) is 0.452. The van der Waals surface area contributed by atoms with Gasteiger partial charge in [0, 0.05) is 12.1 Å². The maximum Gasteiger partial charge on any atom is 0.191 e. The first-order valence-electron chi connectivity index (χ1n) is 5.89. The topological polar surface area (TPSA) is 61.5 Å². The summed E-state index contributed by atoms with van der Waals surface area (Å²) in [4.78, 5) is 12.2. The summed E-state index contributed by atoms with van der Waals surface area (Å²) in [6.07, 6.45) is 1.14. The number of nitrogens with two attached hydrogens (primary N) is 1. The molecule has 1 aromatic carbocycles. The number of rotatable bonds is 4. The van der Waals surface area contributed by atoms with Gasteiger partial charge in [0.1, 0.15) is 11.9 Å². The molecule has 0 radical (unpaired) electrons. The Morgan fingerprint density at radius 2 is 2.33 bits per heavy atom. The lowest BCUT2D eigenvalue weighted by Gasteiger charge is -2.12. The molecule has 98 valence electrons. The minimum atomic E-state index is -0.399. The molecule has 1 fully saturated rings. The van der Waals surface area contributed by atoms with Gasteiger partial charge in [-0.15, -0.1) is 0 Å².